The monoisotopic (exact) mass is 448 g/mol. The number of hydrogen-bond acceptors (Lipinski definition) is 8. The van der Waals surface area contributed by atoms with E-state index in [-0.39, 0.29) is 29.8 Å². The number of nitro benzene ring substituents is 1. The van der Waals surface area contributed by atoms with Crippen LogP contribution in [0.15, 0.2) is 47.6 Å². The second-order valence-corrected chi connectivity index (χ2v) is 9.39. The summed E-state index contributed by atoms with van der Waals surface area (Å²) in [6, 6.07) is 7.89. The molecular formula is C20H24N4O6S. The van der Waals surface area contributed by atoms with Gasteiger partial charge in [0.1, 0.15) is 5.69 Å². The van der Waals surface area contributed by atoms with Crippen molar-refractivity contribution in [3.8, 4) is 0 Å². The lowest BCUT2D eigenvalue weighted by molar-refractivity contribution is -0.384. The predicted octanol–water partition coefficient (Wildman–Crippen LogP) is 1.81. The largest absolute Gasteiger partial charge is 0.379 e. The fourth-order valence-electron chi connectivity index (χ4n) is 3.79. The summed E-state index contributed by atoms with van der Waals surface area (Å²) in [5.41, 5.74) is 1.20. The molecule has 2 saturated heterocycles. The van der Waals surface area contributed by atoms with Gasteiger partial charge in [0.15, 0.2) is 0 Å². The lowest BCUT2D eigenvalue weighted by Crippen LogP contribution is -2.40. The fraction of sp³-hybridized carbons (Fsp3) is 0.450. The minimum atomic E-state index is -3.81. The topological polar surface area (TPSA) is 115 Å². The second kappa shape index (κ2) is 9.27. The van der Waals surface area contributed by atoms with E-state index in [9.17, 15) is 18.5 Å². The van der Waals surface area contributed by atoms with Gasteiger partial charge >= 0.3 is 0 Å². The highest BCUT2D eigenvalue weighted by atomic mass is 32.2. The molecule has 166 valence electrons. The number of pyridine rings is 1. The smallest absolute Gasteiger partial charge is 0.293 e. The molecule has 0 bridgehead atoms. The molecule has 0 saturated carbocycles. The average Bonchev–Trinajstić information content (AvgIpc) is 3.27. The highest BCUT2D eigenvalue weighted by Crippen LogP contribution is 2.34. The number of rotatable bonds is 7. The van der Waals surface area contributed by atoms with Crippen LogP contribution < -0.4 is 4.90 Å². The summed E-state index contributed by atoms with van der Waals surface area (Å²) in [7, 11) is -3.81. The average molecular weight is 449 g/mol. The molecule has 0 N–H and O–H groups in total. The van der Waals surface area contributed by atoms with Crippen LogP contribution in [0.2, 0.25) is 0 Å². The third kappa shape index (κ3) is 4.85. The summed E-state index contributed by atoms with van der Waals surface area (Å²) in [6.07, 6.45) is 4.07. The van der Waals surface area contributed by atoms with Crippen LogP contribution in [0.5, 0.6) is 0 Å². The van der Waals surface area contributed by atoms with Crippen LogP contribution in [-0.2, 0) is 26.1 Å². The summed E-state index contributed by atoms with van der Waals surface area (Å²) in [5, 5.41) is 11.7. The van der Waals surface area contributed by atoms with E-state index in [2.05, 4.69) is 4.98 Å². The molecule has 4 rings (SSSR count). The van der Waals surface area contributed by atoms with Crippen molar-refractivity contribution in [1.29, 1.82) is 0 Å². The zero-order valence-corrected chi connectivity index (χ0v) is 17.7. The standard InChI is InChI=1S/C20H24N4O6S/c25-24(26)20-13-18(31(27,28)23-9-11-29-12-10-23)1-2-19(20)22-8-5-17(14-22)30-15-16-3-6-21-7-4-16/h1-4,6-7,13,17H,5,8-12,14-15H2/t17-/m1/s1. The van der Waals surface area contributed by atoms with E-state index in [1.165, 1.54) is 16.4 Å². The molecule has 1 aromatic heterocycles. The number of anilines is 1. The highest BCUT2D eigenvalue weighted by molar-refractivity contribution is 7.89. The van der Waals surface area contributed by atoms with Crippen LogP contribution in [0.25, 0.3) is 0 Å². The lowest BCUT2D eigenvalue weighted by Gasteiger charge is -2.26. The van der Waals surface area contributed by atoms with Crippen LogP contribution in [-0.4, -0.2) is 68.1 Å². The van der Waals surface area contributed by atoms with Gasteiger partial charge in [-0.15, -0.1) is 0 Å². The zero-order chi connectivity index (χ0) is 21.8. The molecule has 0 unspecified atom stereocenters. The molecule has 11 heteroatoms. The van der Waals surface area contributed by atoms with Crippen molar-refractivity contribution in [2.45, 2.75) is 24.0 Å². The van der Waals surface area contributed by atoms with E-state index in [0.29, 0.717) is 38.6 Å². The third-order valence-electron chi connectivity index (χ3n) is 5.47. The maximum atomic E-state index is 12.9. The molecular weight excluding hydrogens is 424 g/mol. The van der Waals surface area contributed by atoms with E-state index in [1.54, 1.807) is 12.4 Å². The Kier molecular flexibility index (Phi) is 6.46. The second-order valence-electron chi connectivity index (χ2n) is 7.45. The number of nitro groups is 1. The van der Waals surface area contributed by atoms with Crippen LogP contribution in [0.1, 0.15) is 12.0 Å². The highest BCUT2D eigenvalue weighted by Gasteiger charge is 2.32. The molecule has 0 amide bonds. The van der Waals surface area contributed by atoms with Crippen LogP contribution >= 0.6 is 0 Å². The Hall–Kier alpha value is -2.60. The van der Waals surface area contributed by atoms with Gasteiger partial charge in [0.25, 0.3) is 5.69 Å². The fourth-order valence-corrected chi connectivity index (χ4v) is 5.22. The number of benzene rings is 1. The van der Waals surface area contributed by atoms with E-state index in [0.717, 1.165) is 18.1 Å². The maximum absolute atomic E-state index is 12.9. The quantitative estimate of drug-likeness (QED) is 0.465. The number of aromatic nitrogens is 1. The molecule has 31 heavy (non-hydrogen) atoms. The van der Waals surface area contributed by atoms with Crippen LogP contribution in [0.4, 0.5) is 11.4 Å². The van der Waals surface area contributed by atoms with Crippen molar-refractivity contribution in [2.24, 2.45) is 0 Å². The first-order valence-corrected chi connectivity index (χ1v) is 11.5. The first-order valence-electron chi connectivity index (χ1n) is 10.1. The van der Waals surface area contributed by atoms with E-state index >= 15 is 0 Å². The summed E-state index contributed by atoms with van der Waals surface area (Å²) in [6.45, 7) is 2.64. The third-order valence-corrected chi connectivity index (χ3v) is 7.37. The lowest BCUT2D eigenvalue weighted by atomic mass is 10.2. The Morgan fingerprint density at radius 2 is 1.90 bits per heavy atom. The molecule has 2 aliphatic rings. The Morgan fingerprint density at radius 1 is 1.16 bits per heavy atom. The number of morpholine rings is 1. The van der Waals surface area contributed by atoms with Gasteiger partial charge in [-0.05, 0) is 36.2 Å². The van der Waals surface area contributed by atoms with Gasteiger partial charge in [0.2, 0.25) is 10.0 Å². The van der Waals surface area contributed by atoms with E-state index in [1.807, 2.05) is 17.0 Å². The van der Waals surface area contributed by atoms with Crippen LogP contribution in [0, 0.1) is 10.1 Å². The first kappa shape index (κ1) is 21.6. The van der Waals surface area contributed by atoms with Crippen molar-refractivity contribution in [2.75, 3.05) is 44.3 Å². The Balaban J connectivity index is 1.49. The molecule has 0 radical (unpaired) electrons. The first-order chi connectivity index (χ1) is 14.9. The van der Waals surface area contributed by atoms with Gasteiger partial charge in [-0.1, -0.05) is 0 Å². The van der Waals surface area contributed by atoms with Crippen molar-refractivity contribution >= 4 is 21.4 Å². The number of hydrogen-bond donors (Lipinski definition) is 0. The summed E-state index contributed by atoms with van der Waals surface area (Å²) in [4.78, 5) is 17.0. The number of ether oxygens (including phenoxy) is 2. The Labute approximate surface area is 180 Å². The molecule has 0 aliphatic carbocycles. The minimum Gasteiger partial charge on any atom is -0.379 e. The predicted molar refractivity (Wildman–Crippen MR) is 112 cm³/mol. The van der Waals surface area contributed by atoms with Gasteiger partial charge in [-0.2, -0.15) is 4.31 Å². The van der Waals surface area contributed by atoms with E-state index < -0.39 is 14.9 Å². The molecule has 3 heterocycles. The van der Waals surface area contributed by atoms with Gasteiger partial charge in [-0.25, -0.2) is 8.42 Å². The Bertz CT molecular complexity index is 1030. The molecule has 2 aliphatic heterocycles. The van der Waals surface area contributed by atoms with Gasteiger partial charge in [-0.3, -0.25) is 15.1 Å². The summed E-state index contributed by atoms with van der Waals surface area (Å²) >= 11 is 0. The number of sulfonamides is 1. The molecule has 10 nitrogen and oxygen atoms in total. The van der Waals surface area contributed by atoms with Gasteiger partial charge in [0, 0.05) is 44.6 Å². The van der Waals surface area contributed by atoms with Crippen molar-refractivity contribution in [3.05, 3.63) is 58.4 Å². The SMILES string of the molecule is O=[N+]([O-])c1cc(S(=O)(=O)N2CCOCC2)ccc1N1CC[C@@H](OCc2ccncc2)C1. The van der Waals surface area contributed by atoms with Crippen molar-refractivity contribution in [3.63, 3.8) is 0 Å². The van der Waals surface area contributed by atoms with Gasteiger partial charge in [0.05, 0.1) is 35.7 Å². The molecule has 2 fully saturated rings. The Morgan fingerprint density at radius 3 is 2.61 bits per heavy atom. The van der Waals surface area contributed by atoms with Crippen molar-refractivity contribution < 1.29 is 22.8 Å². The van der Waals surface area contributed by atoms with Crippen molar-refractivity contribution in [1.82, 2.24) is 9.29 Å². The maximum Gasteiger partial charge on any atom is 0.293 e. The van der Waals surface area contributed by atoms with Gasteiger partial charge < -0.3 is 14.4 Å². The molecule has 2 aromatic rings. The molecule has 0 spiro atoms. The number of nitrogens with zero attached hydrogens (tertiary/aromatic N) is 4. The van der Waals surface area contributed by atoms with Crippen LogP contribution in [0.3, 0.4) is 0 Å². The molecule has 1 atom stereocenters. The normalized spacial score (nSPS) is 20.1. The minimum absolute atomic E-state index is 0.0653. The summed E-state index contributed by atoms with van der Waals surface area (Å²) in [5.74, 6) is 0. The molecule has 1 aromatic carbocycles. The summed E-state index contributed by atoms with van der Waals surface area (Å²) < 4.78 is 38.2. The van der Waals surface area contributed by atoms with E-state index in [4.69, 9.17) is 9.47 Å². The zero-order valence-electron chi connectivity index (χ0n) is 16.9.